The summed E-state index contributed by atoms with van der Waals surface area (Å²) in [4.78, 5) is 14.3. The largest absolute Gasteiger partial charge is 0.395 e. The third kappa shape index (κ3) is 4.10. The van der Waals surface area contributed by atoms with Crippen molar-refractivity contribution >= 4 is 6.03 Å². The number of allylic oxidation sites excluding steroid dienone is 1. The lowest BCUT2D eigenvalue weighted by Gasteiger charge is -2.35. The van der Waals surface area contributed by atoms with Gasteiger partial charge >= 0.3 is 6.03 Å². The van der Waals surface area contributed by atoms with Crippen molar-refractivity contribution in [3.05, 3.63) is 47.5 Å². The number of fused-ring (bicyclic) bond motifs is 1. The highest BCUT2D eigenvalue weighted by molar-refractivity contribution is 5.75. The van der Waals surface area contributed by atoms with Gasteiger partial charge in [0.1, 0.15) is 0 Å². The molecule has 1 atom stereocenters. The SMILES string of the molecule is CC=CCCNC(=O)N(CCO)C1CCCc2ccccc21. The Morgan fingerprint density at radius 1 is 1.45 bits per heavy atom. The van der Waals surface area contributed by atoms with E-state index < -0.39 is 0 Å². The Morgan fingerprint density at radius 3 is 3.05 bits per heavy atom. The smallest absolute Gasteiger partial charge is 0.318 e. The number of hydrogen-bond acceptors (Lipinski definition) is 2. The molecule has 120 valence electrons. The molecule has 0 spiro atoms. The van der Waals surface area contributed by atoms with E-state index in [2.05, 4.69) is 23.5 Å². The van der Waals surface area contributed by atoms with Crippen LogP contribution in [0.5, 0.6) is 0 Å². The van der Waals surface area contributed by atoms with Gasteiger partial charge in [-0.25, -0.2) is 4.79 Å². The predicted molar refractivity (Wildman–Crippen MR) is 88.7 cm³/mol. The van der Waals surface area contributed by atoms with Gasteiger partial charge in [0.05, 0.1) is 12.6 Å². The number of nitrogens with one attached hydrogen (secondary N) is 1. The molecule has 22 heavy (non-hydrogen) atoms. The van der Waals surface area contributed by atoms with Crippen LogP contribution < -0.4 is 5.32 Å². The predicted octanol–water partition coefficient (Wildman–Crippen LogP) is 3.03. The number of carbonyl (C=O) groups excluding carboxylic acids is 1. The molecule has 0 saturated heterocycles. The van der Waals surface area contributed by atoms with Crippen LogP contribution in [0.4, 0.5) is 4.79 Å². The van der Waals surface area contributed by atoms with Crippen LogP contribution >= 0.6 is 0 Å². The minimum absolute atomic E-state index is 0.0129. The Balaban J connectivity index is 2.09. The Kier molecular flexibility index (Phi) is 6.46. The molecule has 0 aliphatic heterocycles. The van der Waals surface area contributed by atoms with Gasteiger partial charge in [0.25, 0.3) is 0 Å². The van der Waals surface area contributed by atoms with Crippen molar-refractivity contribution < 1.29 is 9.90 Å². The first-order chi connectivity index (χ1) is 10.8. The van der Waals surface area contributed by atoms with Gasteiger partial charge < -0.3 is 15.3 Å². The maximum Gasteiger partial charge on any atom is 0.318 e. The molecule has 1 aliphatic rings. The minimum atomic E-state index is -0.0831. The molecule has 0 radical (unpaired) electrons. The van der Waals surface area contributed by atoms with E-state index in [1.807, 2.05) is 25.1 Å². The summed E-state index contributed by atoms with van der Waals surface area (Å²) in [6, 6.07) is 8.31. The highest BCUT2D eigenvalue weighted by Gasteiger charge is 2.28. The van der Waals surface area contributed by atoms with E-state index in [-0.39, 0.29) is 18.7 Å². The van der Waals surface area contributed by atoms with Crippen LogP contribution in [0.25, 0.3) is 0 Å². The third-order valence-corrected chi connectivity index (χ3v) is 4.14. The van der Waals surface area contributed by atoms with E-state index in [4.69, 9.17) is 0 Å². The standard InChI is InChI=1S/C18H26N2O2/c1-2-3-6-12-19-18(22)20(13-14-21)17-11-7-9-15-8-4-5-10-16(15)17/h2-5,8,10,17,21H,6-7,9,11-14H2,1H3,(H,19,22). The van der Waals surface area contributed by atoms with Gasteiger partial charge in [0.15, 0.2) is 0 Å². The van der Waals surface area contributed by atoms with Crippen LogP contribution in [0.15, 0.2) is 36.4 Å². The van der Waals surface area contributed by atoms with Crippen molar-refractivity contribution in [1.29, 1.82) is 0 Å². The molecule has 0 saturated carbocycles. The molecular formula is C18H26N2O2. The summed E-state index contributed by atoms with van der Waals surface area (Å²) in [5.41, 5.74) is 2.55. The van der Waals surface area contributed by atoms with Gasteiger partial charge in [-0.2, -0.15) is 0 Å². The van der Waals surface area contributed by atoms with Crippen molar-refractivity contribution in [1.82, 2.24) is 10.2 Å². The number of hydrogen-bond donors (Lipinski definition) is 2. The fourth-order valence-corrected chi connectivity index (χ4v) is 3.09. The zero-order valence-electron chi connectivity index (χ0n) is 13.3. The van der Waals surface area contributed by atoms with E-state index in [0.717, 1.165) is 25.7 Å². The molecule has 2 rings (SSSR count). The third-order valence-electron chi connectivity index (χ3n) is 4.14. The summed E-state index contributed by atoms with van der Waals surface area (Å²) in [6.45, 7) is 2.95. The molecule has 1 unspecified atom stereocenters. The highest BCUT2D eigenvalue weighted by atomic mass is 16.3. The van der Waals surface area contributed by atoms with Crippen molar-refractivity contribution in [3.8, 4) is 0 Å². The maximum absolute atomic E-state index is 12.5. The quantitative estimate of drug-likeness (QED) is 0.627. The summed E-state index contributed by atoms with van der Waals surface area (Å²) < 4.78 is 0. The molecule has 2 amide bonds. The summed E-state index contributed by atoms with van der Waals surface area (Å²) in [7, 11) is 0. The second kappa shape index (κ2) is 8.59. The lowest BCUT2D eigenvalue weighted by atomic mass is 9.87. The number of aryl methyl sites for hydroxylation is 1. The highest BCUT2D eigenvalue weighted by Crippen LogP contribution is 2.34. The summed E-state index contributed by atoms with van der Waals surface area (Å²) >= 11 is 0. The van der Waals surface area contributed by atoms with E-state index in [9.17, 15) is 9.90 Å². The fraction of sp³-hybridized carbons (Fsp3) is 0.500. The van der Waals surface area contributed by atoms with E-state index in [1.165, 1.54) is 11.1 Å². The normalized spacial score (nSPS) is 17.3. The molecule has 4 nitrogen and oxygen atoms in total. The van der Waals surface area contributed by atoms with Crippen LogP contribution in [0, 0.1) is 0 Å². The van der Waals surface area contributed by atoms with Crippen molar-refractivity contribution in [2.24, 2.45) is 0 Å². The minimum Gasteiger partial charge on any atom is -0.395 e. The number of rotatable bonds is 6. The Labute approximate surface area is 132 Å². The summed E-state index contributed by atoms with van der Waals surface area (Å²) in [5, 5.41) is 12.3. The summed E-state index contributed by atoms with van der Waals surface area (Å²) in [6.07, 6.45) is 7.95. The average molecular weight is 302 g/mol. The molecule has 1 aromatic rings. The molecule has 0 heterocycles. The Hall–Kier alpha value is -1.81. The second-order valence-corrected chi connectivity index (χ2v) is 5.61. The molecule has 2 N–H and O–H groups in total. The molecule has 1 aromatic carbocycles. The first-order valence-electron chi connectivity index (χ1n) is 8.12. The van der Waals surface area contributed by atoms with Crippen molar-refractivity contribution in [3.63, 3.8) is 0 Å². The van der Waals surface area contributed by atoms with Gasteiger partial charge in [0, 0.05) is 13.1 Å². The lowest BCUT2D eigenvalue weighted by Crippen LogP contribution is -2.44. The molecule has 4 heteroatoms. The molecule has 0 fully saturated rings. The number of carbonyl (C=O) groups is 1. The monoisotopic (exact) mass is 302 g/mol. The van der Waals surface area contributed by atoms with Gasteiger partial charge in [-0.1, -0.05) is 36.4 Å². The van der Waals surface area contributed by atoms with Gasteiger partial charge in [-0.15, -0.1) is 0 Å². The number of amides is 2. The topological polar surface area (TPSA) is 52.6 Å². The van der Waals surface area contributed by atoms with Crippen LogP contribution in [0.1, 0.15) is 43.4 Å². The lowest BCUT2D eigenvalue weighted by molar-refractivity contribution is 0.144. The number of benzene rings is 1. The van der Waals surface area contributed by atoms with E-state index >= 15 is 0 Å². The van der Waals surface area contributed by atoms with E-state index in [0.29, 0.717) is 13.1 Å². The van der Waals surface area contributed by atoms with E-state index in [1.54, 1.807) is 4.90 Å². The van der Waals surface area contributed by atoms with Crippen molar-refractivity contribution in [2.45, 2.75) is 38.6 Å². The fourth-order valence-electron chi connectivity index (χ4n) is 3.09. The van der Waals surface area contributed by atoms with Gasteiger partial charge in [-0.3, -0.25) is 0 Å². The molecular weight excluding hydrogens is 276 g/mol. The molecule has 1 aliphatic carbocycles. The zero-order valence-corrected chi connectivity index (χ0v) is 13.3. The van der Waals surface area contributed by atoms with Crippen molar-refractivity contribution in [2.75, 3.05) is 19.7 Å². The number of urea groups is 1. The average Bonchev–Trinajstić information content (AvgIpc) is 2.56. The van der Waals surface area contributed by atoms with Crippen LogP contribution in [0.3, 0.4) is 0 Å². The second-order valence-electron chi connectivity index (χ2n) is 5.61. The van der Waals surface area contributed by atoms with Crippen LogP contribution in [0.2, 0.25) is 0 Å². The number of nitrogens with zero attached hydrogens (tertiary/aromatic N) is 1. The number of aliphatic hydroxyl groups excluding tert-OH is 1. The van der Waals surface area contributed by atoms with Crippen LogP contribution in [-0.2, 0) is 6.42 Å². The molecule has 0 bridgehead atoms. The van der Waals surface area contributed by atoms with Gasteiger partial charge in [0.2, 0.25) is 0 Å². The Morgan fingerprint density at radius 2 is 2.27 bits per heavy atom. The summed E-state index contributed by atoms with van der Waals surface area (Å²) in [5.74, 6) is 0. The first kappa shape index (κ1) is 16.6. The van der Waals surface area contributed by atoms with Crippen LogP contribution in [-0.4, -0.2) is 35.7 Å². The van der Waals surface area contributed by atoms with Gasteiger partial charge in [-0.05, 0) is 43.7 Å². The number of aliphatic hydroxyl groups is 1. The Bertz CT molecular complexity index is 514. The first-order valence-corrected chi connectivity index (χ1v) is 8.12. The molecule has 0 aromatic heterocycles. The maximum atomic E-state index is 12.5. The zero-order chi connectivity index (χ0) is 15.8.